The van der Waals surface area contributed by atoms with Gasteiger partial charge in [0.2, 0.25) is 11.8 Å². The van der Waals surface area contributed by atoms with E-state index in [1.807, 2.05) is 115 Å². The van der Waals surface area contributed by atoms with Gasteiger partial charge in [0, 0.05) is 54.4 Å². The SMILES string of the molecule is C=CCOC(=O)[C@H](CO[C@H]1O[C@H](CO)[C@H](O)[C@H](O[C@@H]2O[C@H](COC(C)=O)[C@H](OC(C)=O)[C@H](O[C@H]3O[C@H](COC(C)=O)[C@H](OC(C)=O)[C@H](OC(C)=O)[C@H]3NC(C)=O)[C@H]2O[C@@H]2O[C@@H](C)[C@@H](OCc3ccccc3)[C@@H](OCc3ccccc3)[C@@H]2OCc2ccccc2)[C@H]1NC(C)=O)NC(=O)OCC1c2ccccc2-c2ccccc21. The summed E-state index contributed by atoms with van der Waals surface area (Å²) in [6, 6.07) is 37.5. The highest BCUT2D eigenvalue weighted by Gasteiger charge is 2.60. The van der Waals surface area contributed by atoms with Crippen LogP contribution in [0.3, 0.4) is 0 Å². The first-order chi connectivity index (χ1) is 53.9. The summed E-state index contributed by atoms with van der Waals surface area (Å²) in [6.07, 6.45) is -30.8. The van der Waals surface area contributed by atoms with Crippen molar-refractivity contribution >= 4 is 53.7 Å². The van der Waals surface area contributed by atoms with Crippen molar-refractivity contribution in [2.75, 3.05) is 39.6 Å². The van der Waals surface area contributed by atoms with Gasteiger partial charge < -0.3 is 111 Å². The Morgan fingerprint density at radius 1 is 0.446 bits per heavy atom. The van der Waals surface area contributed by atoms with Gasteiger partial charge in [-0.25, -0.2) is 9.59 Å². The van der Waals surface area contributed by atoms with Crippen LogP contribution in [-0.4, -0.2) is 232 Å². The Morgan fingerprint density at radius 2 is 0.884 bits per heavy atom. The fourth-order valence-corrected chi connectivity index (χ4v) is 13.9. The summed E-state index contributed by atoms with van der Waals surface area (Å²) in [5.74, 6) is -7.74. The lowest BCUT2D eigenvalue weighted by molar-refractivity contribution is -0.401. The van der Waals surface area contributed by atoms with Gasteiger partial charge in [-0.1, -0.05) is 152 Å². The van der Waals surface area contributed by atoms with Gasteiger partial charge in [0.25, 0.3) is 0 Å². The Balaban J connectivity index is 1.09. The molecule has 0 spiro atoms. The smallest absolute Gasteiger partial charge is 0.407 e. The van der Waals surface area contributed by atoms with E-state index in [0.29, 0.717) is 5.56 Å². The fraction of sp³-hybridized carbons (Fsp3) is 0.487. The van der Waals surface area contributed by atoms with Crippen LogP contribution in [0.5, 0.6) is 0 Å². The third kappa shape index (κ3) is 22.6. The van der Waals surface area contributed by atoms with Gasteiger partial charge in [-0.3, -0.25) is 33.6 Å². The summed E-state index contributed by atoms with van der Waals surface area (Å²) in [5.41, 5.74) is 5.87. The fourth-order valence-electron chi connectivity index (χ4n) is 13.9. The molecule has 4 aliphatic heterocycles. The second kappa shape index (κ2) is 40.7. The van der Waals surface area contributed by atoms with Crippen LogP contribution < -0.4 is 16.0 Å². The molecule has 0 bridgehead atoms. The van der Waals surface area contributed by atoms with E-state index in [-0.39, 0.29) is 33.0 Å². The third-order valence-corrected chi connectivity index (χ3v) is 18.8. The zero-order chi connectivity index (χ0) is 80.1. The maximum Gasteiger partial charge on any atom is 0.407 e. The first-order valence-corrected chi connectivity index (χ1v) is 36.5. The molecule has 0 radical (unpaired) electrons. The number of ether oxygens (including phenoxy) is 18. The predicted octanol–water partition coefficient (Wildman–Crippen LogP) is 4.75. The number of fused-ring (bicyclic) bond motifs is 3. The molecule has 4 heterocycles. The van der Waals surface area contributed by atoms with Crippen LogP contribution >= 0.6 is 0 Å². The third-order valence-electron chi connectivity index (χ3n) is 18.8. The van der Waals surface area contributed by atoms with Crippen molar-refractivity contribution in [1.82, 2.24) is 16.0 Å². The summed E-state index contributed by atoms with van der Waals surface area (Å²) < 4.78 is 115. The monoisotopic (exact) mass is 1560 g/mol. The van der Waals surface area contributed by atoms with E-state index >= 15 is 0 Å². The van der Waals surface area contributed by atoms with Crippen molar-refractivity contribution in [3.63, 3.8) is 0 Å². The van der Waals surface area contributed by atoms with Crippen molar-refractivity contribution in [2.24, 2.45) is 0 Å². The topological polar surface area (TPSA) is 396 Å². The molecule has 5 aromatic rings. The van der Waals surface area contributed by atoms with E-state index in [1.54, 1.807) is 31.2 Å². The van der Waals surface area contributed by atoms with Gasteiger partial charge in [0.05, 0.1) is 39.1 Å². The molecule has 604 valence electrons. The standard InChI is InChI=1S/C80H95N3O29/c1-10-34-95-75(93)59(83-80(94)102-39-58-56-32-22-20-30-54(56)55-31-21-23-33-57(55)58)40-101-76-63(81-44(3)85)69(65(92)60(35-84)107-76)110-79-74(112-78-73(100-38-53-28-18-13-19-29-53)71(99-37-52-26-16-12-17-27-52)66(43(2)103-78)98-36-51-24-14-11-15-25-51)72(68(105-49(8)90)62(109-79)42-97-47(6)88)111-77-64(82-45(4)86)70(106-50(9)91)67(104-48(7)89)61(108-77)41-96-46(5)87/h10-33,43,58-74,76-79,84,92H,1,34-42H2,2-9H3,(H,81,85)(H,82,86)(H,83,94)/t43-,59-,60+,61+,62+,63+,64+,65-,66+,67-,68-,69+,70+,71+,72-,73-,74+,76-,77+,78-,79-/m0/s1. The maximum atomic E-state index is 14.0. The molecule has 5 aromatic carbocycles. The van der Waals surface area contributed by atoms with Crippen molar-refractivity contribution in [3.05, 3.63) is 180 Å². The summed E-state index contributed by atoms with van der Waals surface area (Å²) >= 11 is 0. The molecule has 4 fully saturated rings. The molecule has 112 heavy (non-hydrogen) atoms. The number of carbonyl (C=O) groups is 9. The molecular formula is C80H95N3O29. The Labute approximate surface area is 646 Å². The summed E-state index contributed by atoms with van der Waals surface area (Å²) in [4.78, 5) is 121. The molecule has 10 rings (SSSR count). The van der Waals surface area contributed by atoms with Crippen molar-refractivity contribution in [3.8, 4) is 11.1 Å². The molecule has 32 nitrogen and oxygen atoms in total. The number of aliphatic hydroxyl groups is 2. The number of esters is 6. The van der Waals surface area contributed by atoms with E-state index in [0.717, 1.165) is 81.8 Å². The molecular weight excluding hydrogens is 1470 g/mol. The number of benzene rings is 5. The first kappa shape index (κ1) is 84.8. The highest BCUT2D eigenvalue weighted by atomic mass is 16.8. The quantitative estimate of drug-likeness (QED) is 0.0211. The number of amides is 3. The van der Waals surface area contributed by atoms with Crippen molar-refractivity contribution < 1.29 is 139 Å². The van der Waals surface area contributed by atoms with Crippen molar-refractivity contribution in [2.45, 2.75) is 210 Å². The minimum Gasteiger partial charge on any atom is -0.463 e. The lowest BCUT2D eigenvalue weighted by atomic mass is 9.93. The number of alkyl carbamates (subject to hydrolysis) is 1. The lowest BCUT2D eigenvalue weighted by Crippen LogP contribution is -2.71. The molecule has 0 aromatic heterocycles. The van der Waals surface area contributed by atoms with Crippen LogP contribution in [0.2, 0.25) is 0 Å². The number of rotatable bonds is 34. The summed E-state index contributed by atoms with van der Waals surface area (Å²) in [5, 5.41) is 31.7. The van der Waals surface area contributed by atoms with Crippen LogP contribution in [-0.2, 0) is 143 Å². The summed E-state index contributed by atoms with van der Waals surface area (Å²) in [7, 11) is 0. The maximum absolute atomic E-state index is 14.0. The molecule has 32 heteroatoms. The summed E-state index contributed by atoms with van der Waals surface area (Å²) in [6.45, 7) is 8.70. The average molecular weight is 1560 g/mol. The Kier molecular flexibility index (Phi) is 30.8. The van der Waals surface area contributed by atoms with E-state index in [1.165, 1.54) is 6.08 Å². The lowest BCUT2D eigenvalue weighted by Gasteiger charge is -2.52. The van der Waals surface area contributed by atoms with Gasteiger partial charge in [0.15, 0.2) is 49.5 Å². The largest absolute Gasteiger partial charge is 0.463 e. The number of nitrogens with one attached hydrogen (secondary N) is 3. The van der Waals surface area contributed by atoms with Crippen LogP contribution in [0.25, 0.3) is 11.1 Å². The minimum atomic E-state index is -2.18. The van der Waals surface area contributed by atoms with Gasteiger partial charge in [0.1, 0.15) is 99.6 Å². The van der Waals surface area contributed by atoms with Crippen LogP contribution in [0, 0.1) is 0 Å². The number of carbonyl (C=O) groups excluding carboxylic acids is 9. The van der Waals surface area contributed by atoms with Gasteiger partial charge >= 0.3 is 41.9 Å². The minimum absolute atomic E-state index is 0.0386. The van der Waals surface area contributed by atoms with Crippen LogP contribution in [0.1, 0.15) is 89.1 Å². The Morgan fingerprint density at radius 3 is 1.38 bits per heavy atom. The molecule has 5 N–H and O–H groups in total. The molecule has 1 aliphatic carbocycles. The molecule has 0 saturated carbocycles. The molecule has 0 unspecified atom stereocenters. The Hall–Kier alpha value is -9.65. The second-order valence-corrected chi connectivity index (χ2v) is 27.2. The molecule has 21 atom stereocenters. The zero-order valence-corrected chi connectivity index (χ0v) is 63.0. The second-order valence-electron chi connectivity index (χ2n) is 27.2. The van der Waals surface area contributed by atoms with E-state index in [2.05, 4.69) is 22.5 Å². The van der Waals surface area contributed by atoms with Crippen LogP contribution in [0.15, 0.2) is 152 Å². The predicted molar refractivity (Wildman–Crippen MR) is 387 cm³/mol. The number of aliphatic hydroxyl groups excluding tert-OH is 2. The van der Waals surface area contributed by atoms with Gasteiger partial charge in [-0.2, -0.15) is 0 Å². The van der Waals surface area contributed by atoms with Crippen molar-refractivity contribution in [1.29, 1.82) is 0 Å². The van der Waals surface area contributed by atoms with Gasteiger partial charge in [-0.05, 0) is 45.9 Å². The van der Waals surface area contributed by atoms with E-state index in [9.17, 15) is 53.4 Å². The van der Waals surface area contributed by atoms with Crippen LogP contribution in [0.4, 0.5) is 4.79 Å². The zero-order valence-electron chi connectivity index (χ0n) is 63.0. The highest BCUT2D eigenvalue weighted by molar-refractivity contribution is 5.82. The molecule has 3 amide bonds. The van der Waals surface area contributed by atoms with E-state index < -0.39 is 215 Å². The Bertz CT molecular complexity index is 3940. The molecule has 4 saturated heterocycles. The van der Waals surface area contributed by atoms with E-state index in [4.69, 9.17) is 85.3 Å². The highest BCUT2D eigenvalue weighted by Crippen LogP contribution is 2.45. The number of hydrogen-bond donors (Lipinski definition) is 5. The molecule has 5 aliphatic rings. The normalized spacial score (nSPS) is 28.3. The average Bonchev–Trinajstić information content (AvgIpc) is 0.908. The first-order valence-electron chi connectivity index (χ1n) is 36.5. The van der Waals surface area contributed by atoms with Gasteiger partial charge in [-0.15, -0.1) is 0 Å². The number of hydrogen-bond acceptors (Lipinski definition) is 29.